The Morgan fingerprint density at radius 1 is 1.00 bits per heavy atom. The Kier molecular flexibility index (Phi) is 7.12. The lowest BCUT2D eigenvalue weighted by atomic mass is 10.1. The molecule has 3 aromatic rings. The Labute approximate surface area is 194 Å². The van der Waals surface area contributed by atoms with Gasteiger partial charge in [0.1, 0.15) is 12.4 Å². The summed E-state index contributed by atoms with van der Waals surface area (Å²) in [5.41, 5.74) is 3.34. The average Bonchev–Trinajstić information content (AvgIpc) is 3.09. The van der Waals surface area contributed by atoms with Crippen LogP contribution in [0, 0.1) is 13.8 Å². The van der Waals surface area contributed by atoms with Crippen LogP contribution in [-0.2, 0) is 6.54 Å². The molecular formula is C25H29ClN4O2. The van der Waals surface area contributed by atoms with E-state index in [0.29, 0.717) is 36.8 Å². The van der Waals surface area contributed by atoms with Crippen LogP contribution in [0.3, 0.4) is 0 Å². The molecule has 32 heavy (non-hydrogen) atoms. The first-order chi connectivity index (χ1) is 15.5. The highest BCUT2D eigenvalue weighted by Crippen LogP contribution is 2.21. The first kappa shape index (κ1) is 22.4. The van der Waals surface area contributed by atoms with E-state index in [2.05, 4.69) is 10.00 Å². The molecule has 2 heterocycles. The van der Waals surface area contributed by atoms with Crippen LogP contribution < -0.4 is 4.74 Å². The van der Waals surface area contributed by atoms with E-state index in [1.54, 1.807) is 0 Å². The Morgan fingerprint density at radius 3 is 2.41 bits per heavy atom. The highest BCUT2D eigenvalue weighted by Gasteiger charge is 2.27. The number of carbonyl (C=O) groups excluding carboxylic acids is 1. The van der Waals surface area contributed by atoms with Crippen LogP contribution >= 0.6 is 11.6 Å². The quantitative estimate of drug-likeness (QED) is 0.543. The van der Waals surface area contributed by atoms with E-state index in [-0.39, 0.29) is 5.91 Å². The van der Waals surface area contributed by atoms with E-state index in [1.807, 2.05) is 78.0 Å². The number of halogens is 1. The standard InChI is InChI=1S/C25H29ClN4O2/c1-19-24(20(2)30(27-19)18-21-8-6-7-11-23(21)26)25(31)29-14-12-28(13-15-29)16-17-32-22-9-4-3-5-10-22/h3-11H,12-18H2,1-2H3. The van der Waals surface area contributed by atoms with E-state index >= 15 is 0 Å². The zero-order valence-corrected chi connectivity index (χ0v) is 19.4. The zero-order valence-electron chi connectivity index (χ0n) is 18.6. The maximum atomic E-state index is 13.3. The second-order valence-corrected chi connectivity index (χ2v) is 8.50. The van der Waals surface area contributed by atoms with Gasteiger partial charge in [0.15, 0.2) is 0 Å². The summed E-state index contributed by atoms with van der Waals surface area (Å²) in [6.07, 6.45) is 0. The Morgan fingerprint density at radius 2 is 1.69 bits per heavy atom. The largest absolute Gasteiger partial charge is 0.492 e. The first-order valence-electron chi connectivity index (χ1n) is 11.0. The van der Waals surface area contributed by atoms with Gasteiger partial charge < -0.3 is 9.64 Å². The Bertz CT molecular complexity index is 1060. The van der Waals surface area contributed by atoms with Crippen molar-refractivity contribution < 1.29 is 9.53 Å². The van der Waals surface area contributed by atoms with E-state index in [1.165, 1.54) is 0 Å². The lowest BCUT2D eigenvalue weighted by Crippen LogP contribution is -2.49. The second kappa shape index (κ2) is 10.2. The molecule has 0 unspecified atom stereocenters. The van der Waals surface area contributed by atoms with Crippen molar-refractivity contribution in [1.82, 2.24) is 19.6 Å². The summed E-state index contributed by atoms with van der Waals surface area (Å²) in [5.74, 6) is 0.951. The Hall–Kier alpha value is -2.83. The minimum absolute atomic E-state index is 0.0607. The van der Waals surface area contributed by atoms with Crippen molar-refractivity contribution in [3.05, 3.63) is 82.1 Å². The van der Waals surface area contributed by atoms with Crippen molar-refractivity contribution in [3.63, 3.8) is 0 Å². The zero-order chi connectivity index (χ0) is 22.5. The smallest absolute Gasteiger partial charge is 0.257 e. The number of piperazine rings is 1. The van der Waals surface area contributed by atoms with Gasteiger partial charge in [-0.2, -0.15) is 5.10 Å². The predicted octanol–water partition coefficient (Wildman–Crippen LogP) is 4.04. The maximum Gasteiger partial charge on any atom is 0.257 e. The molecule has 1 aliphatic rings. The lowest BCUT2D eigenvalue weighted by molar-refractivity contribution is 0.0619. The summed E-state index contributed by atoms with van der Waals surface area (Å²) in [6.45, 7) is 9.01. The number of amides is 1. The number of aryl methyl sites for hydroxylation is 1. The molecule has 0 bridgehead atoms. The summed E-state index contributed by atoms with van der Waals surface area (Å²) in [5, 5.41) is 5.34. The number of benzene rings is 2. The fourth-order valence-electron chi connectivity index (χ4n) is 4.09. The van der Waals surface area contributed by atoms with Gasteiger partial charge in [-0.25, -0.2) is 0 Å². The summed E-state index contributed by atoms with van der Waals surface area (Å²) >= 11 is 6.31. The molecule has 4 rings (SSSR count). The van der Waals surface area contributed by atoms with Crippen LogP contribution in [0.2, 0.25) is 5.02 Å². The normalized spacial score (nSPS) is 14.5. The van der Waals surface area contributed by atoms with Crippen molar-refractivity contribution in [3.8, 4) is 5.75 Å². The molecule has 1 amide bonds. The van der Waals surface area contributed by atoms with Crippen LogP contribution in [0.15, 0.2) is 54.6 Å². The molecule has 1 aromatic heterocycles. The molecule has 168 valence electrons. The van der Waals surface area contributed by atoms with Crippen molar-refractivity contribution in [2.24, 2.45) is 0 Å². The minimum Gasteiger partial charge on any atom is -0.492 e. The number of carbonyl (C=O) groups is 1. The number of hydrogen-bond donors (Lipinski definition) is 0. The molecule has 1 fully saturated rings. The molecule has 7 heteroatoms. The Balaban J connectivity index is 1.33. The van der Waals surface area contributed by atoms with Crippen LogP contribution in [0.1, 0.15) is 27.3 Å². The molecule has 0 atom stereocenters. The third kappa shape index (κ3) is 5.14. The number of para-hydroxylation sites is 1. The monoisotopic (exact) mass is 452 g/mol. The third-order valence-corrected chi connectivity index (χ3v) is 6.32. The lowest BCUT2D eigenvalue weighted by Gasteiger charge is -2.34. The van der Waals surface area contributed by atoms with Crippen LogP contribution in [-0.4, -0.2) is 64.8 Å². The third-order valence-electron chi connectivity index (χ3n) is 5.95. The number of aromatic nitrogens is 2. The molecule has 0 spiro atoms. The second-order valence-electron chi connectivity index (χ2n) is 8.09. The SMILES string of the molecule is Cc1nn(Cc2ccccc2Cl)c(C)c1C(=O)N1CCN(CCOc2ccccc2)CC1. The number of ether oxygens (including phenoxy) is 1. The molecular weight excluding hydrogens is 424 g/mol. The van der Waals surface area contributed by atoms with Crippen LogP contribution in [0.5, 0.6) is 5.75 Å². The van der Waals surface area contributed by atoms with E-state index in [9.17, 15) is 4.79 Å². The first-order valence-corrected chi connectivity index (χ1v) is 11.4. The maximum absolute atomic E-state index is 13.3. The van der Waals surface area contributed by atoms with Crippen molar-refractivity contribution in [2.45, 2.75) is 20.4 Å². The van der Waals surface area contributed by atoms with Gasteiger partial charge in [-0.15, -0.1) is 0 Å². The van der Waals surface area contributed by atoms with Gasteiger partial charge in [-0.3, -0.25) is 14.4 Å². The van der Waals surface area contributed by atoms with Gasteiger partial charge in [0.05, 0.1) is 17.8 Å². The molecule has 2 aromatic carbocycles. The van der Waals surface area contributed by atoms with Crippen LogP contribution in [0.25, 0.3) is 0 Å². The molecule has 1 aliphatic heterocycles. The van der Waals surface area contributed by atoms with Crippen molar-refractivity contribution >= 4 is 17.5 Å². The van der Waals surface area contributed by atoms with Crippen molar-refractivity contribution in [2.75, 3.05) is 39.3 Å². The van der Waals surface area contributed by atoms with Crippen molar-refractivity contribution in [1.29, 1.82) is 0 Å². The summed E-state index contributed by atoms with van der Waals surface area (Å²) < 4.78 is 7.68. The molecule has 0 N–H and O–H groups in total. The fraction of sp³-hybridized carbons (Fsp3) is 0.360. The molecule has 0 saturated carbocycles. The van der Waals surface area contributed by atoms with Gasteiger partial charge in [0.2, 0.25) is 0 Å². The van der Waals surface area contributed by atoms with Gasteiger partial charge in [0.25, 0.3) is 5.91 Å². The minimum atomic E-state index is 0.0607. The predicted molar refractivity (Wildman–Crippen MR) is 127 cm³/mol. The number of nitrogens with zero attached hydrogens (tertiary/aromatic N) is 4. The molecule has 0 radical (unpaired) electrons. The highest BCUT2D eigenvalue weighted by molar-refractivity contribution is 6.31. The van der Waals surface area contributed by atoms with E-state index < -0.39 is 0 Å². The van der Waals surface area contributed by atoms with Gasteiger partial charge in [-0.1, -0.05) is 48.0 Å². The van der Waals surface area contributed by atoms with E-state index in [0.717, 1.165) is 42.3 Å². The molecule has 0 aliphatic carbocycles. The van der Waals surface area contributed by atoms with Gasteiger partial charge >= 0.3 is 0 Å². The van der Waals surface area contributed by atoms with Crippen LogP contribution in [0.4, 0.5) is 0 Å². The summed E-state index contributed by atoms with van der Waals surface area (Å²) in [7, 11) is 0. The highest BCUT2D eigenvalue weighted by atomic mass is 35.5. The van der Waals surface area contributed by atoms with Gasteiger partial charge in [0, 0.05) is 43.4 Å². The topological polar surface area (TPSA) is 50.6 Å². The molecule has 1 saturated heterocycles. The number of hydrogen-bond acceptors (Lipinski definition) is 4. The fourth-order valence-corrected chi connectivity index (χ4v) is 4.29. The van der Waals surface area contributed by atoms with E-state index in [4.69, 9.17) is 16.3 Å². The summed E-state index contributed by atoms with van der Waals surface area (Å²) in [4.78, 5) is 17.6. The van der Waals surface area contributed by atoms with Gasteiger partial charge in [-0.05, 0) is 37.6 Å². The average molecular weight is 453 g/mol. The molecule has 6 nitrogen and oxygen atoms in total. The summed E-state index contributed by atoms with van der Waals surface area (Å²) in [6, 6.07) is 17.6. The number of rotatable bonds is 7.